The Balaban J connectivity index is 2.08. The molecule has 110 valence electrons. The predicted molar refractivity (Wildman–Crippen MR) is 81.5 cm³/mol. The summed E-state index contributed by atoms with van der Waals surface area (Å²) in [5, 5.41) is 10.8. The lowest BCUT2D eigenvalue weighted by Crippen LogP contribution is -2.21. The van der Waals surface area contributed by atoms with Crippen LogP contribution in [0.2, 0.25) is 0 Å². The van der Waals surface area contributed by atoms with Gasteiger partial charge in [-0.15, -0.1) is 0 Å². The second-order valence-electron chi connectivity index (χ2n) is 5.24. The Hall–Kier alpha value is -2.34. The molecule has 0 saturated carbocycles. The van der Waals surface area contributed by atoms with Gasteiger partial charge in [0.2, 0.25) is 0 Å². The molecule has 2 heterocycles. The molecule has 4 N–H and O–H groups in total. The molecule has 1 unspecified atom stereocenters. The van der Waals surface area contributed by atoms with Gasteiger partial charge in [-0.3, -0.25) is 5.32 Å². The summed E-state index contributed by atoms with van der Waals surface area (Å²) in [6, 6.07) is 9.38. The largest absolute Gasteiger partial charge is 0.351 e. The first-order chi connectivity index (χ1) is 10.2. The minimum atomic E-state index is -0.582. The number of hydrogen-bond acceptors (Lipinski definition) is 3. The van der Waals surface area contributed by atoms with Gasteiger partial charge in [0.1, 0.15) is 5.82 Å². The molecule has 1 aliphatic heterocycles. The number of amides is 2. The van der Waals surface area contributed by atoms with Gasteiger partial charge in [-0.05, 0) is 38.4 Å². The maximum atomic E-state index is 11.3. The van der Waals surface area contributed by atoms with Crippen molar-refractivity contribution in [3.63, 3.8) is 0 Å². The third-order valence-electron chi connectivity index (χ3n) is 3.79. The van der Waals surface area contributed by atoms with E-state index in [9.17, 15) is 4.79 Å². The summed E-state index contributed by atoms with van der Waals surface area (Å²) in [5.74, 6) is 0.636. The quantitative estimate of drug-likeness (QED) is 0.807. The van der Waals surface area contributed by atoms with Gasteiger partial charge in [0.05, 0.1) is 17.4 Å². The third-order valence-corrected chi connectivity index (χ3v) is 3.79. The van der Waals surface area contributed by atoms with Crippen molar-refractivity contribution in [2.45, 2.75) is 25.8 Å². The predicted octanol–water partition coefficient (Wildman–Crippen LogP) is 2.10. The van der Waals surface area contributed by atoms with E-state index in [1.807, 2.05) is 37.3 Å². The first-order valence-electron chi connectivity index (χ1n) is 7.11. The summed E-state index contributed by atoms with van der Waals surface area (Å²) in [5.41, 5.74) is 8.12. The van der Waals surface area contributed by atoms with E-state index in [4.69, 9.17) is 10.8 Å². The number of carbonyl (C=O) groups excluding carboxylic acids is 1. The minimum Gasteiger partial charge on any atom is -0.351 e. The summed E-state index contributed by atoms with van der Waals surface area (Å²) in [6.07, 6.45) is 2.20. The molecule has 6 nitrogen and oxygen atoms in total. The number of aromatic nitrogens is 2. The van der Waals surface area contributed by atoms with E-state index >= 15 is 0 Å². The van der Waals surface area contributed by atoms with E-state index in [2.05, 4.69) is 10.6 Å². The molecule has 6 heteroatoms. The van der Waals surface area contributed by atoms with E-state index in [0.29, 0.717) is 5.82 Å². The van der Waals surface area contributed by atoms with Crippen LogP contribution in [-0.4, -0.2) is 22.4 Å². The number of nitrogens with two attached hydrogens (primary N) is 1. The topological polar surface area (TPSA) is 85.0 Å². The summed E-state index contributed by atoms with van der Waals surface area (Å²) in [7, 11) is 0. The smallest absolute Gasteiger partial charge is 0.317 e. The highest BCUT2D eigenvalue weighted by Crippen LogP contribution is 2.30. The van der Waals surface area contributed by atoms with E-state index < -0.39 is 6.03 Å². The molecule has 1 aliphatic rings. The molecule has 0 aliphatic carbocycles. The Kier molecular flexibility index (Phi) is 3.62. The van der Waals surface area contributed by atoms with Gasteiger partial charge in [-0.25, -0.2) is 9.48 Å². The monoisotopic (exact) mass is 285 g/mol. The van der Waals surface area contributed by atoms with Crippen molar-refractivity contribution < 1.29 is 4.79 Å². The first kappa shape index (κ1) is 13.6. The van der Waals surface area contributed by atoms with E-state index in [0.717, 1.165) is 36.3 Å². The number of carbonyl (C=O) groups is 1. The Labute approximate surface area is 123 Å². The average molecular weight is 285 g/mol. The van der Waals surface area contributed by atoms with Gasteiger partial charge in [-0.1, -0.05) is 18.2 Å². The van der Waals surface area contributed by atoms with Crippen LogP contribution in [0.1, 0.15) is 30.1 Å². The second kappa shape index (κ2) is 5.57. The highest BCUT2D eigenvalue weighted by molar-refractivity contribution is 5.88. The van der Waals surface area contributed by atoms with Crippen molar-refractivity contribution in [3.05, 3.63) is 41.6 Å². The number of nitrogens with one attached hydrogen (secondary N) is 2. The van der Waals surface area contributed by atoms with Crippen molar-refractivity contribution in [1.29, 1.82) is 0 Å². The van der Waals surface area contributed by atoms with Crippen molar-refractivity contribution in [3.8, 4) is 5.69 Å². The molecule has 1 fully saturated rings. The lowest BCUT2D eigenvalue weighted by molar-refractivity contribution is 0.259. The van der Waals surface area contributed by atoms with E-state index in [-0.39, 0.29) is 6.04 Å². The molecule has 1 saturated heterocycles. The van der Waals surface area contributed by atoms with Gasteiger partial charge in [0, 0.05) is 5.56 Å². The molecule has 0 spiro atoms. The Morgan fingerprint density at radius 3 is 2.81 bits per heavy atom. The maximum Gasteiger partial charge on any atom is 0.317 e. The number of rotatable bonds is 3. The fourth-order valence-electron chi connectivity index (χ4n) is 2.78. The molecule has 1 atom stereocenters. The van der Waals surface area contributed by atoms with Crippen LogP contribution in [0.15, 0.2) is 30.3 Å². The molecule has 2 aromatic rings. The van der Waals surface area contributed by atoms with Crippen LogP contribution in [0.5, 0.6) is 0 Å². The molecule has 1 aromatic heterocycles. The fraction of sp³-hybridized carbons (Fsp3) is 0.333. The molecule has 0 bridgehead atoms. The standard InChI is InChI=1S/C15H19N5O/c1-10-13(12-8-5-9-17-12)19-20(14(10)18-15(16)21)11-6-3-2-4-7-11/h2-4,6-7,12,17H,5,8-9H2,1H3,(H3,16,18,21). The molecule has 21 heavy (non-hydrogen) atoms. The molecule has 2 amide bonds. The van der Waals surface area contributed by atoms with Gasteiger partial charge in [-0.2, -0.15) is 5.10 Å². The third kappa shape index (κ3) is 2.62. The summed E-state index contributed by atoms with van der Waals surface area (Å²) < 4.78 is 1.75. The summed E-state index contributed by atoms with van der Waals surface area (Å²) in [4.78, 5) is 11.3. The van der Waals surface area contributed by atoms with Crippen LogP contribution in [0, 0.1) is 6.92 Å². The van der Waals surface area contributed by atoms with E-state index in [1.165, 1.54) is 0 Å². The van der Waals surface area contributed by atoms with Crippen molar-refractivity contribution in [2.75, 3.05) is 11.9 Å². The van der Waals surface area contributed by atoms with Crippen LogP contribution in [0.25, 0.3) is 5.69 Å². The van der Waals surface area contributed by atoms with Crippen molar-refractivity contribution in [1.82, 2.24) is 15.1 Å². The number of anilines is 1. The molecule has 0 radical (unpaired) electrons. The number of nitrogens with zero attached hydrogens (tertiary/aromatic N) is 2. The maximum absolute atomic E-state index is 11.3. The summed E-state index contributed by atoms with van der Waals surface area (Å²) >= 11 is 0. The molecular formula is C15H19N5O. The van der Waals surface area contributed by atoms with Crippen LogP contribution >= 0.6 is 0 Å². The number of hydrogen-bond donors (Lipinski definition) is 3. The normalized spacial score (nSPS) is 17.9. The number of benzene rings is 1. The molecular weight excluding hydrogens is 266 g/mol. The van der Waals surface area contributed by atoms with Gasteiger partial charge in [0.15, 0.2) is 0 Å². The number of primary amides is 1. The van der Waals surface area contributed by atoms with Crippen molar-refractivity contribution >= 4 is 11.8 Å². The van der Waals surface area contributed by atoms with E-state index in [1.54, 1.807) is 4.68 Å². The van der Waals surface area contributed by atoms with Crippen LogP contribution in [-0.2, 0) is 0 Å². The average Bonchev–Trinajstić information content (AvgIpc) is 3.09. The first-order valence-corrected chi connectivity index (χ1v) is 7.11. The van der Waals surface area contributed by atoms with Gasteiger partial charge in [0.25, 0.3) is 0 Å². The Bertz CT molecular complexity index is 644. The summed E-state index contributed by atoms with van der Waals surface area (Å²) in [6.45, 7) is 2.97. The highest BCUT2D eigenvalue weighted by atomic mass is 16.2. The minimum absolute atomic E-state index is 0.239. The van der Waals surface area contributed by atoms with Gasteiger partial charge >= 0.3 is 6.03 Å². The Morgan fingerprint density at radius 1 is 1.43 bits per heavy atom. The van der Waals surface area contributed by atoms with Crippen LogP contribution < -0.4 is 16.4 Å². The fourth-order valence-corrected chi connectivity index (χ4v) is 2.78. The lowest BCUT2D eigenvalue weighted by atomic mass is 10.1. The lowest BCUT2D eigenvalue weighted by Gasteiger charge is -2.08. The number of para-hydroxylation sites is 1. The zero-order valence-electron chi connectivity index (χ0n) is 12.0. The van der Waals surface area contributed by atoms with Crippen LogP contribution in [0.4, 0.5) is 10.6 Å². The second-order valence-corrected chi connectivity index (χ2v) is 5.24. The zero-order valence-corrected chi connectivity index (χ0v) is 12.0. The van der Waals surface area contributed by atoms with Gasteiger partial charge < -0.3 is 11.1 Å². The SMILES string of the molecule is Cc1c(C2CCCN2)nn(-c2ccccc2)c1NC(N)=O. The molecule has 1 aromatic carbocycles. The molecule has 3 rings (SSSR count). The number of urea groups is 1. The Morgan fingerprint density at radius 2 is 2.19 bits per heavy atom. The highest BCUT2D eigenvalue weighted by Gasteiger charge is 2.25. The van der Waals surface area contributed by atoms with Crippen molar-refractivity contribution in [2.24, 2.45) is 5.73 Å². The zero-order chi connectivity index (χ0) is 14.8. The van der Waals surface area contributed by atoms with Crippen LogP contribution in [0.3, 0.4) is 0 Å².